The Labute approximate surface area is 98.2 Å². The van der Waals surface area contributed by atoms with Gasteiger partial charge in [0.2, 0.25) is 0 Å². The SMILES string of the molecule is O=C(O)[C@H]1C[C@H](Oc2cccc(Cl)c2)CN1. The van der Waals surface area contributed by atoms with Crippen molar-refractivity contribution in [3.63, 3.8) is 0 Å². The zero-order valence-corrected chi connectivity index (χ0v) is 9.28. The summed E-state index contributed by atoms with van der Waals surface area (Å²) in [6.45, 7) is 0.545. The number of rotatable bonds is 3. The number of carboxylic acid groups (broad SMARTS) is 1. The molecule has 5 heteroatoms. The van der Waals surface area contributed by atoms with Crippen LogP contribution in [0.15, 0.2) is 24.3 Å². The lowest BCUT2D eigenvalue weighted by atomic mass is 10.2. The van der Waals surface area contributed by atoms with Crippen molar-refractivity contribution in [3.05, 3.63) is 29.3 Å². The fourth-order valence-corrected chi connectivity index (χ4v) is 1.89. The summed E-state index contributed by atoms with van der Waals surface area (Å²) in [5.41, 5.74) is 0. The van der Waals surface area contributed by atoms with Crippen LogP contribution in [0.1, 0.15) is 6.42 Å². The number of hydrogen-bond acceptors (Lipinski definition) is 3. The van der Waals surface area contributed by atoms with Crippen molar-refractivity contribution in [3.8, 4) is 5.75 Å². The molecule has 0 unspecified atom stereocenters. The highest BCUT2D eigenvalue weighted by molar-refractivity contribution is 6.30. The molecule has 0 bridgehead atoms. The van der Waals surface area contributed by atoms with Crippen molar-refractivity contribution in [2.45, 2.75) is 18.6 Å². The van der Waals surface area contributed by atoms with E-state index in [1.165, 1.54) is 0 Å². The second-order valence-electron chi connectivity index (χ2n) is 3.73. The third-order valence-electron chi connectivity index (χ3n) is 2.49. The molecule has 1 aromatic carbocycles. The number of aliphatic carboxylic acids is 1. The maximum atomic E-state index is 10.7. The van der Waals surface area contributed by atoms with Crippen LogP contribution >= 0.6 is 11.6 Å². The van der Waals surface area contributed by atoms with Crippen molar-refractivity contribution in [1.29, 1.82) is 0 Å². The maximum absolute atomic E-state index is 10.7. The van der Waals surface area contributed by atoms with Crippen molar-refractivity contribution in [2.75, 3.05) is 6.54 Å². The number of ether oxygens (including phenoxy) is 1. The molecule has 0 aromatic heterocycles. The number of benzene rings is 1. The van der Waals surface area contributed by atoms with E-state index in [9.17, 15) is 4.79 Å². The smallest absolute Gasteiger partial charge is 0.320 e. The Hall–Kier alpha value is -1.26. The van der Waals surface area contributed by atoms with Crippen LogP contribution in [-0.4, -0.2) is 29.8 Å². The molecule has 0 radical (unpaired) electrons. The third kappa shape index (κ3) is 2.65. The van der Waals surface area contributed by atoms with Crippen LogP contribution in [0.4, 0.5) is 0 Å². The van der Waals surface area contributed by atoms with Crippen molar-refractivity contribution in [2.24, 2.45) is 0 Å². The van der Waals surface area contributed by atoms with Gasteiger partial charge in [0, 0.05) is 18.0 Å². The minimum Gasteiger partial charge on any atom is -0.489 e. The van der Waals surface area contributed by atoms with Crippen LogP contribution in [0, 0.1) is 0 Å². The van der Waals surface area contributed by atoms with Crippen LogP contribution in [0.3, 0.4) is 0 Å². The highest BCUT2D eigenvalue weighted by Crippen LogP contribution is 2.21. The van der Waals surface area contributed by atoms with E-state index in [0.29, 0.717) is 23.7 Å². The second kappa shape index (κ2) is 4.72. The van der Waals surface area contributed by atoms with E-state index in [1.54, 1.807) is 24.3 Å². The van der Waals surface area contributed by atoms with Gasteiger partial charge in [-0.2, -0.15) is 0 Å². The fourth-order valence-electron chi connectivity index (χ4n) is 1.71. The first kappa shape index (κ1) is 11.2. The molecule has 1 aromatic rings. The van der Waals surface area contributed by atoms with E-state index in [1.807, 2.05) is 0 Å². The van der Waals surface area contributed by atoms with Gasteiger partial charge in [0.15, 0.2) is 0 Å². The summed E-state index contributed by atoms with van der Waals surface area (Å²) < 4.78 is 5.63. The topological polar surface area (TPSA) is 58.6 Å². The van der Waals surface area contributed by atoms with Gasteiger partial charge < -0.3 is 15.2 Å². The highest BCUT2D eigenvalue weighted by atomic mass is 35.5. The molecule has 4 nitrogen and oxygen atoms in total. The summed E-state index contributed by atoms with van der Waals surface area (Å²) in [4.78, 5) is 10.7. The molecule has 0 amide bonds. The molecular formula is C11H12ClNO3. The van der Waals surface area contributed by atoms with Gasteiger partial charge in [-0.1, -0.05) is 17.7 Å². The van der Waals surface area contributed by atoms with E-state index < -0.39 is 12.0 Å². The molecule has 16 heavy (non-hydrogen) atoms. The summed E-state index contributed by atoms with van der Waals surface area (Å²) in [7, 11) is 0. The van der Waals surface area contributed by atoms with Crippen molar-refractivity contribution >= 4 is 17.6 Å². The van der Waals surface area contributed by atoms with Gasteiger partial charge in [0.05, 0.1) is 0 Å². The Morgan fingerprint density at radius 1 is 1.56 bits per heavy atom. The molecule has 1 fully saturated rings. The molecular weight excluding hydrogens is 230 g/mol. The molecule has 2 N–H and O–H groups in total. The standard InChI is InChI=1S/C11H12ClNO3/c12-7-2-1-3-8(4-7)16-9-5-10(11(14)15)13-6-9/h1-4,9-10,13H,5-6H2,(H,14,15)/t9-,10+/m0/s1. The molecule has 0 aliphatic carbocycles. The second-order valence-corrected chi connectivity index (χ2v) is 4.17. The number of halogens is 1. The first-order valence-electron chi connectivity index (χ1n) is 5.03. The highest BCUT2D eigenvalue weighted by Gasteiger charge is 2.30. The normalized spacial score (nSPS) is 24.3. The number of hydrogen-bond donors (Lipinski definition) is 2. The van der Waals surface area contributed by atoms with Gasteiger partial charge in [-0.3, -0.25) is 4.79 Å². The summed E-state index contributed by atoms with van der Waals surface area (Å²) in [5.74, 6) is -0.164. The van der Waals surface area contributed by atoms with Crippen molar-refractivity contribution < 1.29 is 14.6 Å². The van der Waals surface area contributed by atoms with Crippen LogP contribution in [-0.2, 0) is 4.79 Å². The first-order chi connectivity index (χ1) is 7.65. The maximum Gasteiger partial charge on any atom is 0.320 e. The average Bonchev–Trinajstić information content (AvgIpc) is 2.66. The predicted octanol–water partition coefficient (Wildman–Crippen LogP) is 1.53. The van der Waals surface area contributed by atoms with Gasteiger partial charge in [-0.15, -0.1) is 0 Å². The Bertz CT molecular complexity index is 397. The van der Waals surface area contributed by atoms with E-state index >= 15 is 0 Å². The third-order valence-corrected chi connectivity index (χ3v) is 2.72. The Kier molecular flexibility index (Phi) is 3.31. The molecule has 0 spiro atoms. The van der Waals surface area contributed by atoms with Gasteiger partial charge in [-0.25, -0.2) is 0 Å². The van der Waals surface area contributed by atoms with Crippen LogP contribution in [0.2, 0.25) is 5.02 Å². The van der Waals surface area contributed by atoms with Crippen LogP contribution in [0.5, 0.6) is 5.75 Å². The average molecular weight is 242 g/mol. The lowest BCUT2D eigenvalue weighted by Crippen LogP contribution is -2.30. The molecule has 86 valence electrons. The van der Waals surface area contributed by atoms with Gasteiger partial charge in [-0.05, 0) is 18.2 Å². The summed E-state index contributed by atoms with van der Waals surface area (Å²) in [6.07, 6.45) is 0.363. The van der Waals surface area contributed by atoms with Crippen molar-refractivity contribution in [1.82, 2.24) is 5.32 Å². The first-order valence-corrected chi connectivity index (χ1v) is 5.41. The molecule has 1 saturated heterocycles. The van der Waals surface area contributed by atoms with Gasteiger partial charge in [0.25, 0.3) is 0 Å². The zero-order valence-electron chi connectivity index (χ0n) is 8.52. The summed E-state index contributed by atoms with van der Waals surface area (Å²) >= 11 is 5.82. The van der Waals surface area contributed by atoms with Crippen LogP contribution < -0.4 is 10.1 Å². The largest absolute Gasteiger partial charge is 0.489 e. The molecule has 2 rings (SSSR count). The molecule has 1 aliphatic heterocycles. The Balaban J connectivity index is 1.94. The van der Waals surface area contributed by atoms with Gasteiger partial charge >= 0.3 is 5.97 Å². The minimum atomic E-state index is -0.836. The summed E-state index contributed by atoms with van der Waals surface area (Å²) in [6, 6.07) is 6.58. The molecule has 1 heterocycles. The Morgan fingerprint density at radius 3 is 3.00 bits per heavy atom. The van der Waals surface area contributed by atoms with E-state index in [4.69, 9.17) is 21.4 Å². The Morgan fingerprint density at radius 2 is 2.38 bits per heavy atom. The van der Waals surface area contributed by atoms with E-state index in [0.717, 1.165) is 0 Å². The summed E-state index contributed by atoms with van der Waals surface area (Å²) in [5, 5.41) is 12.3. The van der Waals surface area contributed by atoms with Gasteiger partial charge in [0.1, 0.15) is 17.9 Å². The zero-order chi connectivity index (χ0) is 11.5. The molecule has 2 atom stereocenters. The van der Waals surface area contributed by atoms with Crippen LogP contribution in [0.25, 0.3) is 0 Å². The molecule has 1 aliphatic rings. The quantitative estimate of drug-likeness (QED) is 0.843. The van der Waals surface area contributed by atoms with E-state index in [2.05, 4.69) is 5.32 Å². The number of nitrogens with one attached hydrogen (secondary N) is 1. The lowest BCUT2D eigenvalue weighted by Gasteiger charge is -2.12. The number of carboxylic acids is 1. The van der Waals surface area contributed by atoms with E-state index in [-0.39, 0.29) is 6.10 Å². The predicted molar refractivity (Wildman–Crippen MR) is 59.9 cm³/mol. The molecule has 0 saturated carbocycles. The fraction of sp³-hybridized carbons (Fsp3) is 0.364. The minimum absolute atomic E-state index is 0.112. The lowest BCUT2D eigenvalue weighted by molar-refractivity contribution is -0.139. The monoisotopic (exact) mass is 241 g/mol. The number of carbonyl (C=O) groups is 1.